The molecule has 0 atom stereocenters. The number of carbonyl (C=O) groups is 3. The van der Waals surface area contributed by atoms with Gasteiger partial charge >= 0.3 is 6.18 Å². The van der Waals surface area contributed by atoms with Crippen LogP contribution in [0.5, 0.6) is 0 Å². The molecule has 2 aromatic rings. The fourth-order valence-electron chi connectivity index (χ4n) is 2.55. The summed E-state index contributed by atoms with van der Waals surface area (Å²) in [5.41, 5.74) is -0.518. The second-order valence-electron chi connectivity index (χ2n) is 5.51. The molecule has 1 heterocycles. The van der Waals surface area contributed by atoms with Gasteiger partial charge in [0, 0.05) is 10.2 Å². The number of nitrogens with one attached hydrogen (secondary N) is 1. The second-order valence-corrected chi connectivity index (χ2v) is 6.42. The van der Waals surface area contributed by atoms with Crippen LogP contribution in [0.4, 0.5) is 24.5 Å². The Hall–Kier alpha value is -2.68. The highest BCUT2D eigenvalue weighted by molar-refractivity contribution is 9.10. The molecule has 2 aromatic carbocycles. The van der Waals surface area contributed by atoms with Gasteiger partial charge in [-0.15, -0.1) is 0 Å². The first-order chi connectivity index (χ1) is 12.2. The molecule has 26 heavy (non-hydrogen) atoms. The summed E-state index contributed by atoms with van der Waals surface area (Å²) in [5, 5.41) is 2.31. The third kappa shape index (κ3) is 3.48. The van der Waals surface area contributed by atoms with Crippen molar-refractivity contribution >= 4 is 44.9 Å². The van der Waals surface area contributed by atoms with Gasteiger partial charge in [-0.25, -0.2) is 0 Å². The largest absolute Gasteiger partial charge is 0.416 e. The van der Waals surface area contributed by atoms with Crippen LogP contribution in [-0.4, -0.2) is 24.1 Å². The Labute approximate surface area is 153 Å². The summed E-state index contributed by atoms with van der Waals surface area (Å²) in [6, 6.07) is 8.74. The SMILES string of the molecule is O=C(CN1C(=O)C(=O)c2cc(Br)ccc21)Nc1cccc(C(F)(F)F)c1. The van der Waals surface area contributed by atoms with Gasteiger partial charge in [-0.3, -0.25) is 19.3 Å². The van der Waals surface area contributed by atoms with Crippen LogP contribution in [0.1, 0.15) is 15.9 Å². The van der Waals surface area contributed by atoms with Gasteiger partial charge < -0.3 is 5.32 Å². The number of benzene rings is 2. The molecular formula is C17H10BrF3N2O3. The number of Topliss-reactive ketones (excluding diaryl/α,β-unsaturated/α-hetero) is 1. The minimum atomic E-state index is -4.54. The third-order valence-electron chi connectivity index (χ3n) is 3.71. The minimum absolute atomic E-state index is 0.0566. The van der Waals surface area contributed by atoms with Crippen molar-refractivity contribution in [1.29, 1.82) is 0 Å². The molecule has 0 saturated carbocycles. The average molecular weight is 427 g/mol. The van der Waals surface area contributed by atoms with Crippen molar-refractivity contribution < 1.29 is 27.6 Å². The molecule has 1 aliphatic heterocycles. The van der Waals surface area contributed by atoms with E-state index in [4.69, 9.17) is 0 Å². The summed E-state index contributed by atoms with van der Waals surface area (Å²) in [6.07, 6.45) is -4.54. The smallest absolute Gasteiger partial charge is 0.325 e. The van der Waals surface area contributed by atoms with E-state index in [9.17, 15) is 27.6 Å². The Morgan fingerprint density at radius 2 is 1.85 bits per heavy atom. The Morgan fingerprint density at radius 3 is 2.54 bits per heavy atom. The molecule has 134 valence electrons. The van der Waals surface area contributed by atoms with Crippen molar-refractivity contribution in [3.8, 4) is 0 Å². The Kier molecular flexibility index (Phi) is 4.57. The summed E-state index contributed by atoms with van der Waals surface area (Å²) in [5.74, 6) is -2.33. The van der Waals surface area contributed by atoms with Crippen LogP contribution in [0.3, 0.4) is 0 Å². The van der Waals surface area contributed by atoms with Crippen LogP contribution in [0.2, 0.25) is 0 Å². The first kappa shape index (κ1) is 18.1. The fourth-order valence-corrected chi connectivity index (χ4v) is 2.91. The van der Waals surface area contributed by atoms with Gasteiger partial charge in [0.2, 0.25) is 5.91 Å². The molecule has 0 spiro atoms. The summed E-state index contributed by atoms with van der Waals surface area (Å²) < 4.78 is 38.8. The Morgan fingerprint density at radius 1 is 1.12 bits per heavy atom. The monoisotopic (exact) mass is 426 g/mol. The molecule has 0 bridgehead atoms. The lowest BCUT2D eigenvalue weighted by Crippen LogP contribution is -2.37. The molecule has 0 aromatic heterocycles. The zero-order valence-corrected chi connectivity index (χ0v) is 14.5. The van der Waals surface area contributed by atoms with Crippen LogP contribution >= 0.6 is 15.9 Å². The first-order valence-electron chi connectivity index (χ1n) is 7.29. The minimum Gasteiger partial charge on any atom is -0.325 e. The van der Waals surface area contributed by atoms with Gasteiger partial charge in [-0.2, -0.15) is 13.2 Å². The number of halogens is 4. The number of hydrogen-bond acceptors (Lipinski definition) is 3. The maximum atomic E-state index is 12.7. The summed E-state index contributed by atoms with van der Waals surface area (Å²) >= 11 is 3.20. The number of amides is 2. The van der Waals surface area contributed by atoms with Crippen LogP contribution in [-0.2, 0) is 15.8 Å². The molecular weight excluding hydrogens is 417 g/mol. The van der Waals surface area contributed by atoms with Crippen molar-refractivity contribution in [3.63, 3.8) is 0 Å². The van der Waals surface area contributed by atoms with Gasteiger partial charge in [0.1, 0.15) is 6.54 Å². The highest BCUT2D eigenvalue weighted by Crippen LogP contribution is 2.32. The zero-order valence-electron chi connectivity index (χ0n) is 12.9. The molecule has 1 aliphatic rings. The van der Waals surface area contributed by atoms with Crippen LogP contribution in [0.25, 0.3) is 0 Å². The normalized spacial score (nSPS) is 13.8. The van der Waals surface area contributed by atoms with Gasteiger partial charge in [-0.05, 0) is 36.4 Å². The number of ketones is 1. The molecule has 0 aliphatic carbocycles. The van der Waals surface area contributed by atoms with E-state index in [1.807, 2.05) is 0 Å². The third-order valence-corrected chi connectivity index (χ3v) is 4.20. The van der Waals surface area contributed by atoms with Crippen LogP contribution in [0.15, 0.2) is 46.9 Å². The Balaban J connectivity index is 1.77. The number of alkyl halides is 3. The van der Waals surface area contributed by atoms with E-state index in [2.05, 4.69) is 21.2 Å². The van der Waals surface area contributed by atoms with Crippen molar-refractivity contribution in [2.24, 2.45) is 0 Å². The van der Waals surface area contributed by atoms with Crippen molar-refractivity contribution in [1.82, 2.24) is 0 Å². The van der Waals surface area contributed by atoms with E-state index < -0.39 is 35.9 Å². The molecule has 0 unspecified atom stereocenters. The van der Waals surface area contributed by atoms with Crippen molar-refractivity contribution in [2.45, 2.75) is 6.18 Å². The molecule has 0 saturated heterocycles. The van der Waals surface area contributed by atoms with Gasteiger partial charge in [-0.1, -0.05) is 22.0 Å². The number of nitrogens with zero attached hydrogens (tertiary/aromatic N) is 1. The highest BCUT2D eigenvalue weighted by atomic mass is 79.9. The molecule has 1 N–H and O–H groups in total. The van der Waals surface area contributed by atoms with Crippen molar-refractivity contribution in [3.05, 3.63) is 58.1 Å². The summed E-state index contributed by atoms with van der Waals surface area (Å²) in [6.45, 7) is -0.491. The predicted molar refractivity (Wildman–Crippen MR) is 90.9 cm³/mol. The first-order valence-corrected chi connectivity index (χ1v) is 8.09. The summed E-state index contributed by atoms with van der Waals surface area (Å²) in [4.78, 5) is 37.2. The lowest BCUT2D eigenvalue weighted by Gasteiger charge is -2.16. The topological polar surface area (TPSA) is 66.5 Å². The van der Waals surface area contributed by atoms with E-state index in [-0.39, 0.29) is 16.9 Å². The molecule has 2 amide bonds. The predicted octanol–water partition coefficient (Wildman–Crippen LogP) is 3.64. The lowest BCUT2D eigenvalue weighted by atomic mass is 10.1. The second kappa shape index (κ2) is 6.56. The summed E-state index contributed by atoms with van der Waals surface area (Å²) in [7, 11) is 0. The number of carbonyl (C=O) groups excluding carboxylic acids is 3. The van der Waals surface area contributed by atoms with E-state index in [0.717, 1.165) is 23.1 Å². The molecule has 3 rings (SSSR count). The number of anilines is 2. The number of fused-ring (bicyclic) bond motifs is 1. The quantitative estimate of drug-likeness (QED) is 0.761. The van der Waals surface area contributed by atoms with Crippen molar-refractivity contribution in [2.75, 3.05) is 16.8 Å². The van der Waals surface area contributed by atoms with Crippen LogP contribution < -0.4 is 10.2 Å². The maximum Gasteiger partial charge on any atom is 0.416 e. The van der Waals surface area contributed by atoms with E-state index >= 15 is 0 Å². The zero-order chi connectivity index (χ0) is 19.1. The average Bonchev–Trinajstić information content (AvgIpc) is 2.79. The van der Waals surface area contributed by atoms with E-state index in [0.29, 0.717) is 4.47 Å². The van der Waals surface area contributed by atoms with Gasteiger partial charge in [0.05, 0.1) is 16.8 Å². The molecule has 9 heteroatoms. The van der Waals surface area contributed by atoms with Crippen LogP contribution in [0, 0.1) is 0 Å². The fraction of sp³-hybridized carbons (Fsp3) is 0.118. The number of hydrogen-bond donors (Lipinski definition) is 1. The Bertz CT molecular complexity index is 928. The number of rotatable bonds is 3. The van der Waals surface area contributed by atoms with E-state index in [1.165, 1.54) is 18.2 Å². The highest BCUT2D eigenvalue weighted by Gasteiger charge is 2.37. The van der Waals surface area contributed by atoms with E-state index in [1.54, 1.807) is 6.07 Å². The standard InChI is InChI=1S/C17H10BrF3N2O3/c18-10-4-5-13-12(7-10)15(25)16(26)23(13)8-14(24)22-11-3-1-2-9(6-11)17(19,20)21/h1-7H,8H2,(H,22,24). The maximum absolute atomic E-state index is 12.7. The lowest BCUT2D eigenvalue weighted by molar-refractivity contribution is -0.137. The molecule has 0 fully saturated rings. The van der Waals surface area contributed by atoms with Gasteiger partial charge in [0.15, 0.2) is 0 Å². The molecule has 0 radical (unpaired) electrons. The molecule has 5 nitrogen and oxygen atoms in total. The van der Waals surface area contributed by atoms with Gasteiger partial charge in [0.25, 0.3) is 11.7 Å².